The summed E-state index contributed by atoms with van der Waals surface area (Å²) in [4.78, 5) is 0. The summed E-state index contributed by atoms with van der Waals surface area (Å²) in [6, 6.07) is 0. The van der Waals surface area contributed by atoms with Crippen LogP contribution in [0.2, 0.25) is 6.55 Å². The molecule has 0 aromatic rings. The first-order valence-electron chi connectivity index (χ1n) is 4.05. The Hall–Kier alpha value is 0.0169. The van der Waals surface area contributed by atoms with Crippen LogP contribution in [0.25, 0.3) is 0 Å². The van der Waals surface area contributed by atoms with E-state index in [1.807, 2.05) is 6.55 Å². The van der Waals surface area contributed by atoms with Crippen molar-refractivity contribution in [3.05, 3.63) is 0 Å². The minimum absolute atomic E-state index is 0.103. The molecule has 0 saturated carbocycles. The molecule has 80 valence electrons. The Morgan fingerprint density at radius 2 is 1.85 bits per heavy atom. The molecule has 5 nitrogen and oxygen atoms in total. The smallest absolute Gasteiger partial charge is 0.361 e. The van der Waals surface area contributed by atoms with E-state index in [1.54, 1.807) is 14.2 Å². The van der Waals surface area contributed by atoms with E-state index in [-0.39, 0.29) is 13.2 Å². The van der Waals surface area contributed by atoms with Crippen molar-refractivity contribution in [2.24, 2.45) is 0 Å². The lowest BCUT2D eigenvalue weighted by Crippen LogP contribution is -2.43. The fraction of sp³-hybridized carbons (Fsp3) is 1.00. The standard InChI is InChI=1S/C7H18O5Si/c1-10-13(3,11-2)6-12-5-7(9)4-8/h7-9H,4-6H2,1-3H3. The molecule has 0 amide bonds. The number of aliphatic hydroxyl groups excluding tert-OH is 2. The molecular formula is C7H18O5Si. The molecule has 6 heteroatoms. The van der Waals surface area contributed by atoms with E-state index in [9.17, 15) is 0 Å². The molecule has 0 spiro atoms. The highest BCUT2D eigenvalue weighted by atomic mass is 28.4. The maximum Gasteiger partial charge on any atom is 0.361 e. The van der Waals surface area contributed by atoms with Crippen molar-refractivity contribution in [1.29, 1.82) is 0 Å². The van der Waals surface area contributed by atoms with E-state index in [1.165, 1.54) is 0 Å². The number of rotatable bonds is 7. The number of hydrogen-bond acceptors (Lipinski definition) is 5. The highest BCUT2D eigenvalue weighted by molar-refractivity contribution is 6.65. The van der Waals surface area contributed by atoms with Gasteiger partial charge in [0.05, 0.1) is 19.4 Å². The molecular weight excluding hydrogens is 192 g/mol. The summed E-state index contributed by atoms with van der Waals surface area (Å²) in [5.74, 6) is 0. The third kappa shape index (κ3) is 5.35. The van der Waals surface area contributed by atoms with E-state index < -0.39 is 14.7 Å². The summed E-state index contributed by atoms with van der Waals surface area (Å²) < 4.78 is 15.4. The lowest BCUT2D eigenvalue weighted by atomic mass is 10.4. The van der Waals surface area contributed by atoms with Crippen molar-refractivity contribution in [3.8, 4) is 0 Å². The molecule has 0 rings (SSSR count). The van der Waals surface area contributed by atoms with Crippen LogP contribution in [-0.4, -0.2) is 58.5 Å². The minimum Gasteiger partial charge on any atom is -0.396 e. The molecule has 0 heterocycles. The van der Waals surface area contributed by atoms with Gasteiger partial charge in [0.2, 0.25) is 0 Å². The van der Waals surface area contributed by atoms with Crippen LogP contribution in [0, 0.1) is 0 Å². The van der Waals surface area contributed by atoms with E-state index in [4.69, 9.17) is 23.8 Å². The predicted molar refractivity (Wildman–Crippen MR) is 49.5 cm³/mol. The molecule has 1 unspecified atom stereocenters. The first-order valence-corrected chi connectivity index (χ1v) is 6.57. The second kappa shape index (κ2) is 6.47. The maximum atomic E-state index is 8.96. The summed E-state index contributed by atoms with van der Waals surface area (Å²) in [5, 5.41) is 17.5. The van der Waals surface area contributed by atoms with Crippen LogP contribution in [0.15, 0.2) is 0 Å². The Labute approximate surface area is 79.5 Å². The van der Waals surface area contributed by atoms with Crippen molar-refractivity contribution >= 4 is 8.56 Å². The molecule has 0 aromatic carbocycles. The Morgan fingerprint density at radius 3 is 2.23 bits per heavy atom. The van der Waals surface area contributed by atoms with Gasteiger partial charge < -0.3 is 23.8 Å². The maximum absolute atomic E-state index is 8.96. The molecule has 0 saturated heterocycles. The monoisotopic (exact) mass is 210 g/mol. The summed E-state index contributed by atoms with van der Waals surface area (Å²) in [7, 11) is 0.950. The van der Waals surface area contributed by atoms with Gasteiger partial charge in [0.25, 0.3) is 0 Å². The average Bonchev–Trinajstić information content (AvgIpc) is 2.17. The van der Waals surface area contributed by atoms with Gasteiger partial charge in [-0.25, -0.2) is 0 Å². The van der Waals surface area contributed by atoms with Gasteiger partial charge in [-0.15, -0.1) is 0 Å². The number of ether oxygens (including phenoxy) is 1. The van der Waals surface area contributed by atoms with Gasteiger partial charge in [0.1, 0.15) is 6.10 Å². The fourth-order valence-corrected chi connectivity index (χ4v) is 1.53. The van der Waals surface area contributed by atoms with Gasteiger partial charge in [0, 0.05) is 14.2 Å². The van der Waals surface area contributed by atoms with Gasteiger partial charge in [-0.2, -0.15) is 0 Å². The van der Waals surface area contributed by atoms with Crippen LogP contribution in [-0.2, 0) is 13.6 Å². The van der Waals surface area contributed by atoms with Gasteiger partial charge >= 0.3 is 8.56 Å². The molecule has 0 aliphatic heterocycles. The van der Waals surface area contributed by atoms with E-state index >= 15 is 0 Å². The quantitative estimate of drug-likeness (QED) is 0.542. The Kier molecular flexibility index (Phi) is 6.48. The van der Waals surface area contributed by atoms with Crippen LogP contribution in [0.4, 0.5) is 0 Å². The van der Waals surface area contributed by atoms with Gasteiger partial charge in [-0.1, -0.05) is 0 Å². The Balaban J connectivity index is 3.61. The first kappa shape index (κ1) is 13.0. The average molecular weight is 210 g/mol. The minimum atomic E-state index is -2.19. The summed E-state index contributed by atoms with van der Waals surface area (Å²) in [6.45, 7) is 1.67. The normalized spacial score (nSPS) is 14.5. The largest absolute Gasteiger partial charge is 0.396 e. The summed E-state index contributed by atoms with van der Waals surface area (Å²) >= 11 is 0. The fourth-order valence-electron chi connectivity index (χ4n) is 0.634. The molecule has 1 atom stereocenters. The van der Waals surface area contributed by atoms with Crippen molar-refractivity contribution in [1.82, 2.24) is 0 Å². The van der Waals surface area contributed by atoms with Crippen molar-refractivity contribution in [2.45, 2.75) is 12.7 Å². The van der Waals surface area contributed by atoms with Crippen molar-refractivity contribution < 1.29 is 23.8 Å². The van der Waals surface area contributed by atoms with E-state index in [2.05, 4.69) is 0 Å². The van der Waals surface area contributed by atoms with Crippen LogP contribution in [0.5, 0.6) is 0 Å². The molecule has 0 aliphatic carbocycles. The molecule has 0 aromatic heterocycles. The molecule has 2 N–H and O–H groups in total. The molecule has 0 fully saturated rings. The zero-order valence-electron chi connectivity index (χ0n) is 8.32. The molecule has 0 bridgehead atoms. The SMILES string of the molecule is CO[Si](C)(COCC(O)CO)OC. The van der Waals surface area contributed by atoms with Crippen LogP contribution in [0.3, 0.4) is 0 Å². The number of aliphatic hydroxyl groups is 2. The lowest BCUT2D eigenvalue weighted by molar-refractivity contribution is 0.0109. The highest BCUT2D eigenvalue weighted by Crippen LogP contribution is 2.04. The second-order valence-electron chi connectivity index (χ2n) is 2.89. The van der Waals surface area contributed by atoms with Gasteiger partial charge in [0.15, 0.2) is 0 Å². The van der Waals surface area contributed by atoms with Crippen molar-refractivity contribution in [3.63, 3.8) is 0 Å². The Morgan fingerprint density at radius 1 is 1.31 bits per heavy atom. The van der Waals surface area contributed by atoms with Gasteiger partial charge in [-0.05, 0) is 6.55 Å². The molecule has 0 radical (unpaired) electrons. The summed E-state index contributed by atoms with van der Waals surface area (Å²) in [6.07, 6.45) is -0.483. The first-order chi connectivity index (χ1) is 6.08. The van der Waals surface area contributed by atoms with Crippen molar-refractivity contribution in [2.75, 3.05) is 33.7 Å². The van der Waals surface area contributed by atoms with E-state index in [0.29, 0.717) is 6.23 Å². The third-order valence-corrected chi connectivity index (χ3v) is 4.20. The van der Waals surface area contributed by atoms with Crippen LogP contribution < -0.4 is 0 Å². The molecule has 13 heavy (non-hydrogen) atoms. The lowest BCUT2D eigenvalue weighted by Gasteiger charge is -2.22. The highest BCUT2D eigenvalue weighted by Gasteiger charge is 2.29. The topological polar surface area (TPSA) is 68.2 Å². The van der Waals surface area contributed by atoms with Crippen LogP contribution in [0.1, 0.15) is 0 Å². The Bertz CT molecular complexity index is 128. The second-order valence-corrected chi connectivity index (χ2v) is 6.27. The van der Waals surface area contributed by atoms with Gasteiger partial charge in [-0.3, -0.25) is 0 Å². The predicted octanol–water partition coefficient (Wildman–Crippen LogP) is -0.740. The zero-order chi connectivity index (χ0) is 10.3. The number of hydrogen-bond donors (Lipinski definition) is 2. The molecule has 0 aliphatic rings. The van der Waals surface area contributed by atoms with E-state index in [0.717, 1.165) is 0 Å². The zero-order valence-corrected chi connectivity index (χ0v) is 9.32. The summed E-state index contributed by atoms with van der Waals surface area (Å²) in [5.41, 5.74) is 0. The third-order valence-electron chi connectivity index (χ3n) is 1.75. The van der Waals surface area contributed by atoms with Crippen LogP contribution >= 0.6 is 0 Å².